The molecule has 1 aliphatic heterocycles. The molecule has 0 spiro atoms. The van der Waals surface area contributed by atoms with Crippen molar-refractivity contribution in [2.24, 2.45) is 0 Å². The van der Waals surface area contributed by atoms with E-state index in [4.69, 9.17) is 0 Å². The maximum atomic E-state index is 13.7. The van der Waals surface area contributed by atoms with Crippen molar-refractivity contribution in [3.63, 3.8) is 0 Å². The minimum atomic E-state index is -4.65. The van der Waals surface area contributed by atoms with Gasteiger partial charge in [0, 0.05) is 66.5 Å². The van der Waals surface area contributed by atoms with Crippen LogP contribution in [0.25, 0.3) is 22.3 Å². The Bertz CT molecular complexity index is 2840. The first-order valence-corrected chi connectivity index (χ1v) is 19.2. The van der Waals surface area contributed by atoms with E-state index in [9.17, 15) is 52.7 Å². The number of nitrogens with one attached hydrogen (secondary N) is 4. The van der Waals surface area contributed by atoms with Crippen LogP contribution in [0.3, 0.4) is 0 Å². The van der Waals surface area contributed by atoms with Crippen molar-refractivity contribution < 1.29 is 52.7 Å². The molecule has 0 atom stereocenters. The average molecular weight is 889 g/mol. The number of halogens is 12. The molecule has 0 amide bonds. The van der Waals surface area contributed by atoms with Gasteiger partial charge in [0.25, 0.3) is 0 Å². The Hall–Kier alpha value is -7.36. The van der Waals surface area contributed by atoms with Gasteiger partial charge in [-0.3, -0.25) is 0 Å². The summed E-state index contributed by atoms with van der Waals surface area (Å²) < 4.78 is 165. The van der Waals surface area contributed by atoms with E-state index in [2.05, 4.69) is 19.9 Å². The van der Waals surface area contributed by atoms with Crippen LogP contribution in [0, 0.1) is 0 Å². The SMILES string of the molecule is FC(F)(F)c1ccc(/C2=c3\cc/c([nH]3)=C(\c3ccc(C(F)(F)F)cc3)c3ccc([nH]3)/C(c3ccc(C(F)(F)F)cc3)=c3/cc/c([nH]3)=C(\c3ccc(C(F)(F)F)cc3)c3ccc2[nH]3)cc1. The molecule has 5 heterocycles. The molecule has 0 radical (unpaired) electrons. The summed E-state index contributed by atoms with van der Waals surface area (Å²) in [4.78, 5) is 13.3. The average Bonchev–Trinajstić information content (AvgIpc) is 4.08. The smallest absolute Gasteiger partial charge is 0.354 e. The molecule has 324 valence electrons. The Labute approximate surface area is 353 Å². The molecule has 4 aromatic heterocycles. The second-order valence-corrected chi connectivity index (χ2v) is 14.9. The second-order valence-electron chi connectivity index (χ2n) is 14.9. The molecule has 16 heteroatoms. The number of hydrogen-bond donors (Lipinski definition) is 4. The van der Waals surface area contributed by atoms with Crippen molar-refractivity contribution in [3.05, 3.63) is 234 Å². The molecular formula is C48H28F12N4. The van der Waals surface area contributed by atoms with E-state index in [1.54, 1.807) is 48.5 Å². The molecule has 0 fully saturated rings. The molecule has 0 saturated heterocycles. The third-order valence-corrected chi connectivity index (χ3v) is 10.9. The van der Waals surface area contributed by atoms with Crippen LogP contribution in [0.5, 0.6) is 0 Å². The van der Waals surface area contributed by atoms with Gasteiger partial charge in [-0.1, -0.05) is 48.5 Å². The quantitative estimate of drug-likeness (QED) is 0.127. The molecular weight excluding hydrogens is 861 g/mol. The monoisotopic (exact) mass is 888 g/mol. The van der Waals surface area contributed by atoms with Crippen LogP contribution in [0.2, 0.25) is 0 Å². The van der Waals surface area contributed by atoms with Crippen LogP contribution < -0.4 is 21.4 Å². The summed E-state index contributed by atoms with van der Waals surface area (Å²) in [5, 5.41) is 1.45. The Kier molecular flexibility index (Phi) is 9.95. The lowest BCUT2D eigenvalue weighted by Gasteiger charge is -2.12. The van der Waals surface area contributed by atoms with Gasteiger partial charge in [-0.15, -0.1) is 0 Å². The zero-order valence-corrected chi connectivity index (χ0v) is 32.4. The highest BCUT2D eigenvalue weighted by atomic mass is 19.4. The molecule has 9 rings (SSSR count). The van der Waals surface area contributed by atoms with Gasteiger partial charge in [0.05, 0.1) is 22.3 Å². The van der Waals surface area contributed by atoms with E-state index in [1.807, 2.05) is 0 Å². The Morgan fingerprint density at radius 3 is 0.578 bits per heavy atom. The number of aromatic amines is 4. The van der Waals surface area contributed by atoms with Crippen molar-refractivity contribution in [1.29, 1.82) is 0 Å². The molecule has 0 saturated carbocycles. The maximum absolute atomic E-state index is 13.7. The molecule has 8 aromatic rings. The highest BCUT2D eigenvalue weighted by molar-refractivity contribution is 5.85. The zero-order valence-electron chi connectivity index (χ0n) is 32.4. The third kappa shape index (κ3) is 7.95. The molecule has 0 aliphatic carbocycles. The molecule has 4 aromatic carbocycles. The summed E-state index contributed by atoms with van der Waals surface area (Å²) in [5.41, 5.74) is 0.599. The maximum Gasteiger partial charge on any atom is 0.416 e. The topological polar surface area (TPSA) is 63.2 Å². The fourth-order valence-corrected chi connectivity index (χ4v) is 7.87. The summed E-state index contributed by atoms with van der Waals surface area (Å²) in [7, 11) is 0. The van der Waals surface area contributed by atoms with Gasteiger partial charge in [0.2, 0.25) is 0 Å². The Morgan fingerprint density at radius 2 is 0.406 bits per heavy atom. The lowest BCUT2D eigenvalue weighted by Crippen LogP contribution is -2.19. The van der Waals surface area contributed by atoms with E-state index in [-0.39, 0.29) is 0 Å². The fourth-order valence-electron chi connectivity index (χ4n) is 7.87. The summed E-state index contributed by atoms with van der Waals surface area (Å²) in [6.07, 6.45) is -18.6. The van der Waals surface area contributed by atoms with E-state index in [0.29, 0.717) is 88.7 Å². The van der Waals surface area contributed by atoms with Gasteiger partial charge < -0.3 is 19.9 Å². The first-order chi connectivity index (χ1) is 30.2. The van der Waals surface area contributed by atoms with Gasteiger partial charge in [-0.25, -0.2) is 0 Å². The lowest BCUT2D eigenvalue weighted by molar-refractivity contribution is -0.138. The summed E-state index contributed by atoms with van der Waals surface area (Å²) in [6.45, 7) is 0. The molecule has 4 N–H and O–H groups in total. The molecule has 64 heavy (non-hydrogen) atoms. The number of hydrogen-bond acceptors (Lipinski definition) is 0. The zero-order chi connectivity index (χ0) is 45.3. The van der Waals surface area contributed by atoms with E-state index >= 15 is 0 Å². The molecule has 4 nitrogen and oxygen atoms in total. The van der Waals surface area contributed by atoms with E-state index in [0.717, 1.165) is 48.5 Å². The fraction of sp³-hybridized carbons (Fsp3) is 0.0833. The van der Waals surface area contributed by atoms with Crippen LogP contribution in [0.4, 0.5) is 52.7 Å². The number of alkyl halides is 12. The van der Waals surface area contributed by atoms with Gasteiger partial charge in [0.15, 0.2) is 0 Å². The largest absolute Gasteiger partial charge is 0.416 e. The third-order valence-electron chi connectivity index (χ3n) is 10.9. The standard InChI is InChI=1S/C48H28F12N4/c49-45(50,51)29-9-1-25(2-10-29)41-33-17-19-35(61-33)42(26-3-11-30(12-4-26)46(52,53)54)37-21-23-39(63-37)44(28-7-15-32(16-8-28)48(58,59)60)40-24-22-38(64-40)43(36-20-18-34(41)62-36)27-5-13-31(14-6-27)47(55,56)57/h1-24,61-64H/b41-33-,41-34?,42-35-,42-37?,43-36?,43-38-,44-39?,44-40-. The van der Waals surface area contributed by atoms with Gasteiger partial charge in [0.1, 0.15) is 0 Å². The number of fused-ring (bicyclic) bond motifs is 8. The van der Waals surface area contributed by atoms with Crippen molar-refractivity contribution in [2.45, 2.75) is 24.7 Å². The minimum Gasteiger partial charge on any atom is -0.354 e. The van der Waals surface area contributed by atoms with Gasteiger partial charge in [-0.2, -0.15) is 52.7 Å². The summed E-state index contributed by atoms with van der Waals surface area (Å²) in [5.74, 6) is 0. The van der Waals surface area contributed by atoms with E-state index in [1.165, 1.54) is 48.5 Å². The van der Waals surface area contributed by atoms with Crippen LogP contribution in [0.1, 0.15) is 67.3 Å². The highest BCUT2D eigenvalue weighted by Crippen LogP contribution is 2.36. The molecule has 8 bridgehead atoms. The minimum absolute atomic E-state index is 0.322. The van der Waals surface area contributed by atoms with Gasteiger partial charge >= 0.3 is 24.7 Å². The Balaban J connectivity index is 1.38. The Morgan fingerprint density at radius 1 is 0.219 bits per heavy atom. The van der Waals surface area contributed by atoms with Crippen molar-refractivity contribution in [2.75, 3.05) is 0 Å². The predicted octanol–water partition coefficient (Wildman–Crippen LogP) is 10.4. The van der Waals surface area contributed by atoms with Gasteiger partial charge in [-0.05, 0) is 119 Å². The first-order valence-electron chi connectivity index (χ1n) is 19.2. The second kappa shape index (κ2) is 15.2. The van der Waals surface area contributed by atoms with Crippen molar-refractivity contribution in [1.82, 2.24) is 19.9 Å². The number of H-pyrrole nitrogens is 4. The van der Waals surface area contributed by atoms with Crippen molar-refractivity contribution in [3.8, 4) is 0 Å². The van der Waals surface area contributed by atoms with Crippen molar-refractivity contribution >= 4 is 22.3 Å². The predicted molar refractivity (Wildman–Crippen MR) is 214 cm³/mol. The lowest BCUT2D eigenvalue weighted by atomic mass is 10.0. The number of benzene rings is 4. The van der Waals surface area contributed by atoms with Crippen LogP contribution >= 0.6 is 0 Å². The highest BCUT2D eigenvalue weighted by Gasteiger charge is 2.33. The van der Waals surface area contributed by atoms with Crippen LogP contribution in [-0.2, 0) is 24.7 Å². The molecule has 1 aliphatic rings. The summed E-state index contributed by atoms with van der Waals surface area (Å²) >= 11 is 0. The van der Waals surface area contributed by atoms with Crippen LogP contribution in [-0.4, -0.2) is 19.9 Å². The van der Waals surface area contributed by atoms with Crippen LogP contribution in [0.15, 0.2) is 146 Å². The van der Waals surface area contributed by atoms with E-state index < -0.39 is 47.0 Å². The molecule has 0 unspecified atom stereocenters. The normalized spacial score (nSPS) is 17.2. The number of aromatic nitrogens is 4. The first kappa shape index (κ1) is 42.0. The summed E-state index contributed by atoms with van der Waals surface area (Å²) in [6, 6.07) is 30.8. The number of rotatable bonds is 4.